The average Bonchev–Trinajstić information content (AvgIpc) is 2.48. The molecular formula is C16H24O2S2. The van der Waals surface area contributed by atoms with Crippen LogP contribution >= 0.6 is 23.5 Å². The summed E-state index contributed by atoms with van der Waals surface area (Å²) >= 11 is 3.73. The zero-order chi connectivity index (χ0) is 14.8. The highest BCUT2D eigenvalue weighted by Crippen LogP contribution is 2.32. The molecule has 0 N–H and O–H groups in total. The van der Waals surface area contributed by atoms with Gasteiger partial charge in [0.05, 0.1) is 17.3 Å². The van der Waals surface area contributed by atoms with Crippen LogP contribution in [0.3, 0.4) is 0 Å². The fourth-order valence-corrected chi connectivity index (χ4v) is 4.78. The molecule has 0 saturated carbocycles. The third kappa shape index (κ3) is 5.90. The smallest absolute Gasteiger partial charge is 0.125 e. The van der Waals surface area contributed by atoms with Crippen LogP contribution < -0.4 is 0 Å². The van der Waals surface area contributed by atoms with Crippen molar-refractivity contribution < 1.29 is 9.53 Å². The Morgan fingerprint density at radius 1 is 1.15 bits per heavy atom. The second-order valence-corrected chi connectivity index (χ2v) is 7.67. The average molecular weight is 313 g/mol. The predicted octanol–water partition coefficient (Wildman–Crippen LogP) is 4.24. The molecule has 4 heteroatoms. The van der Waals surface area contributed by atoms with Gasteiger partial charge in [-0.05, 0) is 17.1 Å². The standard InChI is InChI=1S/C16H24O2S2/c1-4-19-16(20-5-2)15(13(3)11-17)18-12-14-9-7-6-8-10-14/h6-11,13,15-16H,4-5,12H2,1-3H3/t13-,15+/m0/s1. The van der Waals surface area contributed by atoms with E-state index in [1.807, 2.05) is 48.6 Å². The molecular weight excluding hydrogens is 288 g/mol. The highest BCUT2D eigenvalue weighted by atomic mass is 32.2. The zero-order valence-corrected chi connectivity index (χ0v) is 14.1. The van der Waals surface area contributed by atoms with Gasteiger partial charge < -0.3 is 9.53 Å². The van der Waals surface area contributed by atoms with Crippen LogP contribution in [0, 0.1) is 5.92 Å². The number of ether oxygens (including phenoxy) is 1. The van der Waals surface area contributed by atoms with Crippen LogP contribution in [0.1, 0.15) is 26.3 Å². The Balaban J connectivity index is 2.69. The number of carbonyl (C=O) groups excluding carboxylic acids is 1. The van der Waals surface area contributed by atoms with Crippen LogP contribution in [-0.2, 0) is 16.1 Å². The summed E-state index contributed by atoms with van der Waals surface area (Å²) in [6.07, 6.45) is 0.970. The fourth-order valence-electron chi connectivity index (χ4n) is 1.89. The maximum absolute atomic E-state index is 11.2. The first kappa shape index (κ1) is 17.6. The molecule has 0 aliphatic carbocycles. The minimum absolute atomic E-state index is 0.0393. The van der Waals surface area contributed by atoms with Gasteiger partial charge in [-0.3, -0.25) is 0 Å². The van der Waals surface area contributed by atoms with E-state index in [9.17, 15) is 4.79 Å². The van der Waals surface area contributed by atoms with Crippen molar-refractivity contribution in [2.24, 2.45) is 5.92 Å². The van der Waals surface area contributed by atoms with Gasteiger partial charge in [0.25, 0.3) is 0 Å². The molecule has 0 bridgehead atoms. The number of carbonyl (C=O) groups is 1. The van der Waals surface area contributed by atoms with E-state index < -0.39 is 0 Å². The molecule has 1 aromatic rings. The second-order valence-electron chi connectivity index (χ2n) is 4.54. The van der Waals surface area contributed by atoms with Gasteiger partial charge in [-0.1, -0.05) is 51.1 Å². The fraction of sp³-hybridized carbons (Fsp3) is 0.562. The zero-order valence-electron chi connectivity index (χ0n) is 12.5. The summed E-state index contributed by atoms with van der Waals surface area (Å²) in [6.45, 7) is 6.80. The summed E-state index contributed by atoms with van der Waals surface area (Å²) in [7, 11) is 0. The van der Waals surface area contributed by atoms with E-state index in [4.69, 9.17) is 4.74 Å². The number of hydrogen-bond donors (Lipinski definition) is 0. The number of aldehydes is 1. The number of hydrogen-bond acceptors (Lipinski definition) is 4. The van der Waals surface area contributed by atoms with Crippen LogP contribution in [0.4, 0.5) is 0 Å². The summed E-state index contributed by atoms with van der Waals surface area (Å²) < 4.78 is 6.39. The molecule has 2 nitrogen and oxygen atoms in total. The maximum atomic E-state index is 11.2. The van der Waals surface area contributed by atoms with Crippen LogP contribution in [0.15, 0.2) is 30.3 Å². The monoisotopic (exact) mass is 312 g/mol. The molecule has 0 unspecified atom stereocenters. The summed E-state index contributed by atoms with van der Waals surface area (Å²) in [5.74, 6) is 1.99. The highest BCUT2D eigenvalue weighted by Gasteiger charge is 2.27. The van der Waals surface area contributed by atoms with Crippen LogP contribution in [-0.4, -0.2) is 28.5 Å². The van der Waals surface area contributed by atoms with E-state index >= 15 is 0 Å². The Morgan fingerprint density at radius 2 is 1.75 bits per heavy atom. The molecule has 0 aliphatic heterocycles. The summed E-state index contributed by atoms with van der Waals surface area (Å²) in [4.78, 5) is 11.2. The molecule has 0 aliphatic rings. The first-order valence-corrected chi connectivity index (χ1v) is 9.16. The van der Waals surface area contributed by atoms with Gasteiger partial charge in [-0.15, -0.1) is 23.5 Å². The van der Waals surface area contributed by atoms with Crippen LogP contribution in [0.5, 0.6) is 0 Å². The van der Waals surface area contributed by atoms with Crippen molar-refractivity contribution >= 4 is 29.8 Å². The second kappa shape index (κ2) is 10.3. The molecule has 0 radical (unpaired) electrons. The molecule has 112 valence electrons. The Labute approximate surface area is 131 Å². The normalized spacial score (nSPS) is 14.2. The molecule has 0 amide bonds. The van der Waals surface area contributed by atoms with E-state index in [1.54, 1.807) is 0 Å². The predicted molar refractivity (Wildman–Crippen MR) is 90.3 cm³/mol. The Morgan fingerprint density at radius 3 is 2.25 bits per heavy atom. The third-order valence-electron chi connectivity index (χ3n) is 2.95. The minimum Gasteiger partial charge on any atom is -0.371 e. The molecule has 1 aromatic carbocycles. The van der Waals surface area contributed by atoms with Gasteiger partial charge >= 0.3 is 0 Å². The van der Waals surface area contributed by atoms with Gasteiger partial charge in [-0.2, -0.15) is 0 Å². The molecule has 0 fully saturated rings. The quantitative estimate of drug-likeness (QED) is 0.477. The number of benzene rings is 1. The van der Waals surface area contributed by atoms with E-state index in [2.05, 4.69) is 26.0 Å². The molecule has 0 aromatic heterocycles. The van der Waals surface area contributed by atoms with E-state index in [0.29, 0.717) is 11.2 Å². The third-order valence-corrected chi connectivity index (χ3v) is 5.62. The van der Waals surface area contributed by atoms with Crippen molar-refractivity contribution in [3.8, 4) is 0 Å². The minimum atomic E-state index is -0.0817. The lowest BCUT2D eigenvalue weighted by Gasteiger charge is -2.28. The first-order valence-electron chi connectivity index (χ1n) is 7.06. The molecule has 0 heterocycles. The lowest BCUT2D eigenvalue weighted by atomic mass is 10.1. The summed E-state index contributed by atoms with van der Waals surface area (Å²) in [6, 6.07) is 10.1. The van der Waals surface area contributed by atoms with Crippen molar-refractivity contribution in [2.75, 3.05) is 11.5 Å². The van der Waals surface area contributed by atoms with E-state index in [0.717, 1.165) is 23.4 Å². The van der Waals surface area contributed by atoms with Crippen molar-refractivity contribution in [1.29, 1.82) is 0 Å². The SMILES string of the molecule is CCSC(SCC)[C@H](OCc1ccccc1)[C@@H](C)C=O. The van der Waals surface area contributed by atoms with Gasteiger partial charge in [-0.25, -0.2) is 0 Å². The van der Waals surface area contributed by atoms with Crippen molar-refractivity contribution in [3.05, 3.63) is 35.9 Å². The first-order chi connectivity index (χ1) is 9.72. The van der Waals surface area contributed by atoms with E-state index in [1.165, 1.54) is 0 Å². The van der Waals surface area contributed by atoms with E-state index in [-0.39, 0.29) is 12.0 Å². The summed E-state index contributed by atoms with van der Waals surface area (Å²) in [5, 5.41) is 0. The van der Waals surface area contributed by atoms with Crippen molar-refractivity contribution in [1.82, 2.24) is 0 Å². The lowest BCUT2D eigenvalue weighted by molar-refractivity contribution is -0.115. The molecule has 20 heavy (non-hydrogen) atoms. The largest absolute Gasteiger partial charge is 0.371 e. The Bertz CT molecular complexity index is 364. The Kier molecular flexibility index (Phi) is 9.07. The molecule has 0 saturated heterocycles. The molecule has 1 rings (SSSR count). The van der Waals surface area contributed by atoms with Crippen LogP contribution in [0.2, 0.25) is 0 Å². The van der Waals surface area contributed by atoms with Gasteiger partial charge in [0.15, 0.2) is 0 Å². The number of rotatable bonds is 10. The maximum Gasteiger partial charge on any atom is 0.125 e. The highest BCUT2D eigenvalue weighted by molar-refractivity contribution is 8.17. The number of thioether (sulfide) groups is 2. The molecule has 2 atom stereocenters. The van der Waals surface area contributed by atoms with Gasteiger partial charge in [0, 0.05) is 5.92 Å². The van der Waals surface area contributed by atoms with Crippen LogP contribution in [0.25, 0.3) is 0 Å². The van der Waals surface area contributed by atoms with Crippen molar-refractivity contribution in [3.63, 3.8) is 0 Å². The van der Waals surface area contributed by atoms with Crippen molar-refractivity contribution in [2.45, 2.75) is 38.1 Å². The van der Waals surface area contributed by atoms with Gasteiger partial charge in [0.2, 0.25) is 0 Å². The lowest BCUT2D eigenvalue weighted by Crippen LogP contribution is -2.32. The summed E-state index contributed by atoms with van der Waals surface area (Å²) in [5.41, 5.74) is 1.15. The Hall–Kier alpha value is -0.450. The molecule has 0 spiro atoms. The topological polar surface area (TPSA) is 26.3 Å². The van der Waals surface area contributed by atoms with Gasteiger partial charge in [0.1, 0.15) is 6.29 Å².